The average Bonchev–Trinajstić information content (AvgIpc) is 2.72. The Kier molecular flexibility index (Phi) is 3.98. The van der Waals surface area contributed by atoms with Crippen molar-refractivity contribution in [2.24, 2.45) is 0 Å². The molecule has 0 fully saturated rings. The maximum absolute atomic E-state index is 5.74. The number of anilines is 2. The van der Waals surface area contributed by atoms with Crippen LogP contribution >= 0.6 is 11.3 Å². The van der Waals surface area contributed by atoms with Crippen LogP contribution < -0.4 is 11.1 Å². The van der Waals surface area contributed by atoms with E-state index < -0.39 is 0 Å². The molecule has 0 saturated carbocycles. The van der Waals surface area contributed by atoms with Crippen molar-refractivity contribution >= 4 is 33.3 Å². The topological polar surface area (TPSA) is 73.1 Å². The van der Waals surface area contributed by atoms with Crippen LogP contribution in [-0.4, -0.2) is 29.7 Å². The van der Waals surface area contributed by atoms with Crippen LogP contribution in [0.15, 0.2) is 6.07 Å². The van der Waals surface area contributed by atoms with Crippen LogP contribution in [0.25, 0.3) is 10.2 Å². The van der Waals surface area contributed by atoms with Gasteiger partial charge in [0.1, 0.15) is 10.6 Å². The van der Waals surface area contributed by atoms with Gasteiger partial charge < -0.3 is 15.8 Å². The van der Waals surface area contributed by atoms with Gasteiger partial charge in [-0.05, 0) is 19.4 Å². The monoisotopic (exact) mass is 266 g/mol. The number of ether oxygens (including phenoxy) is 1. The first-order valence-corrected chi connectivity index (χ1v) is 6.77. The molecule has 2 heterocycles. The molecule has 1 unspecified atom stereocenters. The van der Waals surface area contributed by atoms with E-state index in [4.69, 9.17) is 10.5 Å². The lowest BCUT2D eigenvalue weighted by atomic mass is 10.3. The molecule has 0 aliphatic rings. The Morgan fingerprint density at radius 1 is 1.50 bits per heavy atom. The number of nitrogens with one attached hydrogen (secondary N) is 1. The van der Waals surface area contributed by atoms with Gasteiger partial charge in [-0.2, -0.15) is 4.98 Å². The van der Waals surface area contributed by atoms with Gasteiger partial charge in [0.2, 0.25) is 5.95 Å². The SMILES string of the molecule is CCc1cc2c(NC(C)COC)nc(N)nc2s1. The van der Waals surface area contributed by atoms with E-state index in [1.807, 2.05) is 6.92 Å². The molecule has 98 valence electrons. The van der Waals surface area contributed by atoms with E-state index in [1.54, 1.807) is 18.4 Å². The maximum atomic E-state index is 5.74. The van der Waals surface area contributed by atoms with Crippen molar-refractivity contribution in [3.63, 3.8) is 0 Å². The number of fused-ring (bicyclic) bond motifs is 1. The minimum absolute atomic E-state index is 0.178. The molecule has 0 aliphatic carbocycles. The zero-order valence-electron chi connectivity index (χ0n) is 10.9. The van der Waals surface area contributed by atoms with Gasteiger partial charge in [-0.15, -0.1) is 11.3 Å². The van der Waals surface area contributed by atoms with Gasteiger partial charge in [-0.3, -0.25) is 0 Å². The molecule has 0 aromatic carbocycles. The number of nitrogens with zero attached hydrogens (tertiary/aromatic N) is 2. The molecule has 2 aromatic heterocycles. The van der Waals surface area contributed by atoms with Gasteiger partial charge in [0.25, 0.3) is 0 Å². The summed E-state index contributed by atoms with van der Waals surface area (Å²) in [5.41, 5.74) is 5.74. The predicted molar refractivity (Wildman–Crippen MR) is 76.2 cm³/mol. The van der Waals surface area contributed by atoms with Gasteiger partial charge in [-0.1, -0.05) is 6.92 Å². The standard InChI is InChI=1S/C12H18N4OS/c1-4-8-5-9-10(14-7(2)6-17-3)15-12(13)16-11(9)18-8/h5,7H,4,6H2,1-3H3,(H3,13,14,15,16). The van der Waals surface area contributed by atoms with Crippen molar-refractivity contribution in [1.29, 1.82) is 0 Å². The van der Waals surface area contributed by atoms with Crippen molar-refractivity contribution in [1.82, 2.24) is 9.97 Å². The first-order valence-electron chi connectivity index (χ1n) is 5.95. The average molecular weight is 266 g/mol. The number of hydrogen-bond acceptors (Lipinski definition) is 6. The number of thiophene rings is 1. The highest BCUT2D eigenvalue weighted by atomic mass is 32.1. The fourth-order valence-corrected chi connectivity index (χ4v) is 2.77. The van der Waals surface area contributed by atoms with Crippen molar-refractivity contribution < 1.29 is 4.74 Å². The normalized spacial score (nSPS) is 12.8. The minimum atomic E-state index is 0.178. The van der Waals surface area contributed by atoms with Crippen molar-refractivity contribution in [3.8, 4) is 0 Å². The first-order chi connectivity index (χ1) is 8.63. The smallest absolute Gasteiger partial charge is 0.223 e. The quantitative estimate of drug-likeness (QED) is 0.868. The summed E-state index contributed by atoms with van der Waals surface area (Å²) in [6.07, 6.45) is 0.994. The molecule has 0 aliphatic heterocycles. The van der Waals surface area contributed by atoms with Crippen LogP contribution in [0.5, 0.6) is 0 Å². The van der Waals surface area contributed by atoms with Crippen LogP contribution in [0.2, 0.25) is 0 Å². The second kappa shape index (κ2) is 5.49. The Hall–Kier alpha value is -1.40. The number of aryl methyl sites for hydroxylation is 1. The number of rotatable bonds is 5. The third-order valence-electron chi connectivity index (χ3n) is 2.61. The molecule has 0 spiro atoms. The largest absolute Gasteiger partial charge is 0.383 e. The molecule has 2 rings (SSSR count). The van der Waals surface area contributed by atoms with Crippen LogP contribution in [-0.2, 0) is 11.2 Å². The summed E-state index contributed by atoms with van der Waals surface area (Å²) in [6.45, 7) is 4.79. The molecule has 0 radical (unpaired) electrons. The number of nitrogens with two attached hydrogens (primary N) is 1. The lowest BCUT2D eigenvalue weighted by Crippen LogP contribution is -2.21. The van der Waals surface area contributed by atoms with Crippen LogP contribution in [0, 0.1) is 0 Å². The molecule has 0 bridgehead atoms. The molecule has 2 aromatic rings. The Balaban J connectivity index is 2.38. The zero-order chi connectivity index (χ0) is 13.1. The zero-order valence-corrected chi connectivity index (χ0v) is 11.7. The molecule has 3 N–H and O–H groups in total. The second-order valence-corrected chi connectivity index (χ2v) is 5.33. The number of hydrogen-bond donors (Lipinski definition) is 2. The fourth-order valence-electron chi connectivity index (χ4n) is 1.80. The highest BCUT2D eigenvalue weighted by Crippen LogP contribution is 2.30. The molecule has 1 atom stereocenters. The maximum Gasteiger partial charge on any atom is 0.223 e. The number of aromatic nitrogens is 2. The fraction of sp³-hybridized carbons (Fsp3) is 0.500. The van der Waals surface area contributed by atoms with E-state index in [9.17, 15) is 0 Å². The van der Waals surface area contributed by atoms with E-state index >= 15 is 0 Å². The van der Waals surface area contributed by atoms with Crippen LogP contribution in [0.3, 0.4) is 0 Å². The Morgan fingerprint density at radius 3 is 2.94 bits per heavy atom. The van der Waals surface area contributed by atoms with Gasteiger partial charge >= 0.3 is 0 Å². The van der Waals surface area contributed by atoms with E-state index in [2.05, 4.69) is 28.3 Å². The number of methoxy groups -OCH3 is 1. The van der Waals surface area contributed by atoms with Crippen molar-refractivity contribution in [2.45, 2.75) is 26.3 Å². The lowest BCUT2D eigenvalue weighted by Gasteiger charge is -2.14. The highest BCUT2D eigenvalue weighted by molar-refractivity contribution is 7.18. The van der Waals surface area contributed by atoms with Gasteiger partial charge in [0.15, 0.2) is 0 Å². The van der Waals surface area contributed by atoms with Crippen LogP contribution in [0.1, 0.15) is 18.7 Å². The van der Waals surface area contributed by atoms with E-state index in [1.165, 1.54) is 4.88 Å². The van der Waals surface area contributed by atoms with E-state index in [0.717, 1.165) is 22.5 Å². The molecule has 18 heavy (non-hydrogen) atoms. The van der Waals surface area contributed by atoms with Crippen LogP contribution in [0.4, 0.5) is 11.8 Å². The minimum Gasteiger partial charge on any atom is -0.383 e. The molecule has 0 amide bonds. The summed E-state index contributed by atoms with van der Waals surface area (Å²) in [5.74, 6) is 1.09. The first kappa shape index (κ1) is 13.0. The molecular formula is C12H18N4OS. The lowest BCUT2D eigenvalue weighted by molar-refractivity contribution is 0.190. The second-order valence-electron chi connectivity index (χ2n) is 4.22. The Morgan fingerprint density at radius 2 is 2.28 bits per heavy atom. The summed E-state index contributed by atoms with van der Waals surface area (Å²) in [4.78, 5) is 10.8. The highest BCUT2D eigenvalue weighted by Gasteiger charge is 2.12. The summed E-state index contributed by atoms with van der Waals surface area (Å²) in [6, 6.07) is 2.30. The van der Waals surface area contributed by atoms with Gasteiger partial charge in [0, 0.05) is 18.0 Å². The predicted octanol–water partition coefficient (Wildman–Crippen LogP) is 2.28. The summed E-state index contributed by atoms with van der Waals surface area (Å²) >= 11 is 1.66. The van der Waals surface area contributed by atoms with Crippen molar-refractivity contribution in [3.05, 3.63) is 10.9 Å². The third kappa shape index (κ3) is 2.70. The van der Waals surface area contributed by atoms with Crippen molar-refractivity contribution in [2.75, 3.05) is 24.8 Å². The third-order valence-corrected chi connectivity index (χ3v) is 3.78. The summed E-state index contributed by atoms with van der Waals surface area (Å²) in [7, 11) is 1.68. The number of nitrogen functional groups attached to an aromatic ring is 1. The van der Waals surface area contributed by atoms with Gasteiger partial charge in [-0.25, -0.2) is 4.98 Å². The van der Waals surface area contributed by atoms with E-state index in [-0.39, 0.29) is 6.04 Å². The van der Waals surface area contributed by atoms with E-state index in [0.29, 0.717) is 12.6 Å². The summed E-state index contributed by atoms with van der Waals surface area (Å²) < 4.78 is 5.11. The molecule has 6 heteroatoms. The van der Waals surface area contributed by atoms with Gasteiger partial charge in [0.05, 0.1) is 12.0 Å². The molecule has 5 nitrogen and oxygen atoms in total. The Labute approximate surface area is 110 Å². The Bertz CT molecular complexity index is 540. The molecule has 0 saturated heterocycles. The molecular weight excluding hydrogens is 248 g/mol. The summed E-state index contributed by atoms with van der Waals surface area (Å²) in [5, 5.41) is 4.35.